The highest BCUT2D eigenvalue weighted by atomic mass is 32.2. The molecule has 4 rings (SSSR count). The molecule has 1 atom stereocenters. The number of hydrogen-bond acceptors (Lipinski definition) is 5. The first-order valence-corrected chi connectivity index (χ1v) is 16.6. The summed E-state index contributed by atoms with van der Waals surface area (Å²) < 4.78 is 34.8. The second-order valence-electron chi connectivity index (χ2n) is 11.0. The average molecular weight is 606 g/mol. The van der Waals surface area contributed by atoms with E-state index >= 15 is 0 Å². The summed E-state index contributed by atoms with van der Waals surface area (Å²) in [5.74, 6) is -0.0619. The number of carbonyl (C=O) groups excluding carboxylic acids is 2. The summed E-state index contributed by atoms with van der Waals surface area (Å²) in [6.45, 7) is 5.82. The van der Waals surface area contributed by atoms with Gasteiger partial charge in [-0.2, -0.15) is 0 Å². The van der Waals surface area contributed by atoms with Gasteiger partial charge in [0.15, 0.2) is 0 Å². The van der Waals surface area contributed by atoms with Gasteiger partial charge in [0.1, 0.15) is 18.3 Å². The van der Waals surface area contributed by atoms with Crippen LogP contribution in [0, 0.1) is 6.92 Å². The van der Waals surface area contributed by atoms with Crippen molar-refractivity contribution in [2.24, 2.45) is 0 Å². The number of sulfonamides is 1. The lowest BCUT2D eigenvalue weighted by molar-refractivity contribution is -0.140. The number of benzene rings is 3. The molecule has 43 heavy (non-hydrogen) atoms. The van der Waals surface area contributed by atoms with Crippen LogP contribution in [0.4, 0.5) is 5.69 Å². The Morgan fingerprint density at radius 2 is 1.56 bits per heavy atom. The number of anilines is 1. The fourth-order valence-corrected chi connectivity index (χ4v) is 6.90. The van der Waals surface area contributed by atoms with Crippen molar-refractivity contribution >= 4 is 27.5 Å². The molecule has 1 aliphatic carbocycles. The molecule has 9 heteroatoms. The van der Waals surface area contributed by atoms with Gasteiger partial charge in [0, 0.05) is 12.6 Å². The average Bonchev–Trinajstić information content (AvgIpc) is 3.01. The van der Waals surface area contributed by atoms with E-state index in [1.54, 1.807) is 48.5 Å². The number of ether oxygens (including phenoxy) is 1. The van der Waals surface area contributed by atoms with Crippen LogP contribution < -0.4 is 14.4 Å². The van der Waals surface area contributed by atoms with E-state index in [1.165, 1.54) is 11.3 Å². The molecule has 3 aromatic rings. The summed E-state index contributed by atoms with van der Waals surface area (Å²) in [7, 11) is -4.13. The quantitative estimate of drug-likeness (QED) is 0.264. The lowest BCUT2D eigenvalue weighted by Crippen LogP contribution is -2.54. The first-order chi connectivity index (χ1) is 20.7. The molecule has 1 saturated carbocycles. The van der Waals surface area contributed by atoms with Gasteiger partial charge in [-0.1, -0.05) is 74.2 Å². The van der Waals surface area contributed by atoms with E-state index in [2.05, 4.69) is 5.32 Å². The fraction of sp³-hybridized carbons (Fsp3) is 0.412. The third kappa shape index (κ3) is 8.38. The van der Waals surface area contributed by atoms with Gasteiger partial charge in [-0.25, -0.2) is 8.42 Å². The molecule has 0 saturated heterocycles. The van der Waals surface area contributed by atoms with Gasteiger partial charge >= 0.3 is 0 Å². The maximum Gasteiger partial charge on any atom is 0.264 e. The standard InChI is InChI=1S/C34H43N3O5S/c1-4-32(34(39)35-28-14-10-7-11-15-28)36(24-27-12-8-6-9-13-27)33(38)25-37(29-18-20-30(21-19-29)42-5-2)43(40,41)31-22-16-26(3)17-23-31/h6,8-9,12-13,16-23,28,32H,4-5,7,10-11,14-15,24-25H2,1-3H3,(H,35,39)/t32-/m0/s1. The molecule has 0 heterocycles. The Balaban J connectivity index is 1.69. The van der Waals surface area contributed by atoms with Crippen molar-refractivity contribution < 1.29 is 22.7 Å². The predicted molar refractivity (Wildman–Crippen MR) is 169 cm³/mol. The summed E-state index contributed by atoms with van der Waals surface area (Å²) in [6, 6.07) is 22.0. The first-order valence-electron chi connectivity index (χ1n) is 15.2. The highest BCUT2D eigenvalue weighted by molar-refractivity contribution is 7.92. The molecule has 8 nitrogen and oxygen atoms in total. The highest BCUT2D eigenvalue weighted by Gasteiger charge is 2.34. The number of nitrogens with one attached hydrogen (secondary N) is 1. The smallest absolute Gasteiger partial charge is 0.264 e. The summed E-state index contributed by atoms with van der Waals surface area (Å²) in [5.41, 5.74) is 2.11. The van der Waals surface area contributed by atoms with Gasteiger partial charge in [-0.05, 0) is 75.1 Å². The maximum absolute atomic E-state index is 14.2. The van der Waals surface area contributed by atoms with E-state index in [9.17, 15) is 18.0 Å². The Morgan fingerprint density at radius 1 is 0.907 bits per heavy atom. The molecule has 0 aliphatic heterocycles. The molecule has 1 N–H and O–H groups in total. The third-order valence-electron chi connectivity index (χ3n) is 7.86. The van der Waals surface area contributed by atoms with E-state index in [4.69, 9.17) is 4.74 Å². The van der Waals surface area contributed by atoms with Crippen molar-refractivity contribution in [1.29, 1.82) is 0 Å². The maximum atomic E-state index is 14.2. The van der Waals surface area contributed by atoms with Crippen LogP contribution >= 0.6 is 0 Å². The SMILES string of the molecule is CCOc1ccc(N(CC(=O)N(Cc2ccccc2)[C@@H](CC)C(=O)NC2CCCCC2)S(=O)(=O)c2ccc(C)cc2)cc1. The Hall–Kier alpha value is -3.85. The number of amides is 2. The second-order valence-corrected chi connectivity index (χ2v) is 12.9. The molecule has 230 valence electrons. The molecule has 3 aromatic carbocycles. The van der Waals surface area contributed by atoms with Gasteiger partial charge in [0.25, 0.3) is 10.0 Å². The molecule has 2 amide bonds. The minimum Gasteiger partial charge on any atom is -0.494 e. The van der Waals surface area contributed by atoms with Crippen LogP contribution in [0.5, 0.6) is 5.75 Å². The lowest BCUT2D eigenvalue weighted by Gasteiger charge is -2.34. The van der Waals surface area contributed by atoms with Crippen molar-refractivity contribution in [2.45, 2.75) is 82.8 Å². The van der Waals surface area contributed by atoms with Crippen molar-refractivity contribution in [1.82, 2.24) is 10.2 Å². The van der Waals surface area contributed by atoms with E-state index in [1.807, 2.05) is 51.1 Å². The molecule has 1 fully saturated rings. The largest absolute Gasteiger partial charge is 0.494 e. The van der Waals surface area contributed by atoms with Crippen LogP contribution in [0.1, 0.15) is 63.5 Å². The first kappa shape index (κ1) is 32.1. The minimum atomic E-state index is -4.13. The fourth-order valence-electron chi connectivity index (χ4n) is 5.49. The van der Waals surface area contributed by atoms with Gasteiger partial charge in [0.2, 0.25) is 11.8 Å². The molecular formula is C34H43N3O5S. The summed E-state index contributed by atoms with van der Waals surface area (Å²) in [6.07, 6.45) is 5.55. The van der Waals surface area contributed by atoms with Crippen molar-refractivity contribution in [3.8, 4) is 5.75 Å². The lowest BCUT2D eigenvalue weighted by atomic mass is 9.95. The van der Waals surface area contributed by atoms with Gasteiger partial charge in [-0.15, -0.1) is 0 Å². The number of hydrogen-bond donors (Lipinski definition) is 1. The number of carbonyl (C=O) groups is 2. The minimum absolute atomic E-state index is 0.0801. The van der Waals surface area contributed by atoms with Gasteiger partial charge < -0.3 is 15.0 Å². The molecular weight excluding hydrogens is 562 g/mol. The Labute approximate surface area is 256 Å². The zero-order valence-corrected chi connectivity index (χ0v) is 26.2. The molecule has 0 radical (unpaired) electrons. The van der Waals surface area contributed by atoms with Crippen molar-refractivity contribution in [3.63, 3.8) is 0 Å². The summed E-state index contributed by atoms with van der Waals surface area (Å²) >= 11 is 0. The van der Waals surface area contributed by atoms with Crippen LogP contribution in [0.15, 0.2) is 83.8 Å². The molecule has 0 unspecified atom stereocenters. The van der Waals surface area contributed by atoms with E-state index in [0.717, 1.165) is 41.1 Å². The number of rotatable bonds is 13. The Morgan fingerprint density at radius 3 is 2.16 bits per heavy atom. The number of nitrogens with zero attached hydrogens (tertiary/aromatic N) is 2. The monoisotopic (exact) mass is 605 g/mol. The zero-order valence-electron chi connectivity index (χ0n) is 25.4. The van der Waals surface area contributed by atoms with E-state index < -0.39 is 28.5 Å². The molecule has 0 aromatic heterocycles. The van der Waals surface area contributed by atoms with Crippen LogP contribution in [0.3, 0.4) is 0 Å². The second kappa shape index (κ2) is 15.0. The van der Waals surface area contributed by atoms with Gasteiger partial charge in [-0.3, -0.25) is 13.9 Å². The van der Waals surface area contributed by atoms with Crippen LogP contribution in [-0.2, 0) is 26.2 Å². The highest BCUT2D eigenvalue weighted by Crippen LogP contribution is 2.27. The van der Waals surface area contributed by atoms with Crippen molar-refractivity contribution in [2.75, 3.05) is 17.5 Å². The third-order valence-corrected chi connectivity index (χ3v) is 9.64. The molecule has 1 aliphatic rings. The van der Waals surface area contributed by atoms with Crippen molar-refractivity contribution in [3.05, 3.63) is 90.0 Å². The topological polar surface area (TPSA) is 96.0 Å². The summed E-state index contributed by atoms with van der Waals surface area (Å²) in [4.78, 5) is 29.5. The Kier molecular flexibility index (Phi) is 11.2. The molecule has 0 spiro atoms. The van der Waals surface area contributed by atoms with Crippen LogP contribution in [0.25, 0.3) is 0 Å². The molecule has 0 bridgehead atoms. The predicted octanol–water partition coefficient (Wildman–Crippen LogP) is 5.85. The summed E-state index contributed by atoms with van der Waals surface area (Å²) in [5, 5.41) is 3.18. The Bertz CT molecular complexity index is 1440. The van der Waals surface area contributed by atoms with E-state index in [-0.39, 0.29) is 23.4 Å². The number of aryl methyl sites for hydroxylation is 1. The van der Waals surface area contributed by atoms with Crippen LogP contribution in [0.2, 0.25) is 0 Å². The van der Waals surface area contributed by atoms with Gasteiger partial charge in [0.05, 0.1) is 17.2 Å². The van der Waals surface area contributed by atoms with E-state index in [0.29, 0.717) is 24.5 Å². The normalized spacial score (nSPS) is 14.5. The zero-order chi connectivity index (χ0) is 30.8. The van der Waals surface area contributed by atoms with Crippen LogP contribution in [-0.4, -0.2) is 50.4 Å².